The lowest BCUT2D eigenvalue weighted by molar-refractivity contribution is -0.116. The SMILES string of the molecule is CC(=O)N1CCc2ccc(S(=O)(=O)N(C)CCCN)cc21. The number of nitrogens with two attached hydrogens (primary N) is 1. The smallest absolute Gasteiger partial charge is 0.242 e. The van der Waals surface area contributed by atoms with Crippen molar-refractivity contribution in [2.45, 2.75) is 24.7 Å². The van der Waals surface area contributed by atoms with Gasteiger partial charge in [0.25, 0.3) is 0 Å². The van der Waals surface area contributed by atoms with E-state index in [2.05, 4.69) is 0 Å². The van der Waals surface area contributed by atoms with E-state index >= 15 is 0 Å². The van der Waals surface area contributed by atoms with Crippen LogP contribution in [0.25, 0.3) is 0 Å². The van der Waals surface area contributed by atoms with Crippen LogP contribution in [0.5, 0.6) is 0 Å². The van der Waals surface area contributed by atoms with E-state index in [1.54, 1.807) is 30.1 Å². The zero-order valence-corrected chi connectivity index (χ0v) is 13.2. The first-order chi connectivity index (χ1) is 9.87. The van der Waals surface area contributed by atoms with Crippen LogP contribution in [0.3, 0.4) is 0 Å². The number of benzene rings is 1. The molecular formula is C14H21N3O3S. The summed E-state index contributed by atoms with van der Waals surface area (Å²) < 4.78 is 26.3. The molecule has 1 aliphatic heterocycles. The Morgan fingerprint density at radius 1 is 1.43 bits per heavy atom. The number of carbonyl (C=O) groups excluding carboxylic acids is 1. The molecule has 7 heteroatoms. The second-order valence-electron chi connectivity index (χ2n) is 5.18. The van der Waals surface area contributed by atoms with Gasteiger partial charge in [-0.3, -0.25) is 4.79 Å². The molecule has 116 valence electrons. The van der Waals surface area contributed by atoms with E-state index in [9.17, 15) is 13.2 Å². The largest absolute Gasteiger partial charge is 0.330 e. The van der Waals surface area contributed by atoms with Crippen molar-refractivity contribution in [1.82, 2.24) is 4.31 Å². The maximum Gasteiger partial charge on any atom is 0.242 e. The maximum atomic E-state index is 12.5. The molecule has 0 saturated carbocycles. The molecule has 2 N–H and O–H groups in total. The van der Waals surface area contributed by atoms with Crippen LogP contribution in [0.15, 0.2) is 23.1 Å². The normalized spacial score (nSPS) is 14.6. The minimum atomic E-state index is -3.54. The van der Waals surface area contributed by atoms with Gasteiger partial charge in [0.15, 0.2) is 0 Å². The highest BCUT2D eigenvalue weighted by atomic mass is 32.2. The van der Waals surface area contributed by atoms with Gasteiger partial charge in [0.2, 0.25) is 15.9 Å². The lowest BCUT2D eigenvalue weighted by atomic mass is 10.2. The van der Waals surface area contributed by atoms with E-state index in [0.717, 1.165) is 12.0 Å². The Morgan fingerprint density at radius 2 is 2.14 bits per heavy atom. The molecule has 1 amide bonds. The highest BCUT2D eigenvalue weighted by Gasteiger charge is 2.26. The molecule has 21 heavy (non-hydrogen) atoms. The number of sulfonamides is 1. The van der Waals surface area contributed by atoms with Crippen LogP contribution < -0.4 is 10.6 Å². The van der Waals surface area contributed by atoms with Crippen molar-refractivity contribution >= 4 is 21.6 Å². The van der Waals surface area contributed by atoms with E-state index in [4.69, 9.17) is 5.73 Å². The topological polar surface area (TPSA) is 83.7 Å². The van der Waals surface area contributed by atoms with E-state index in [1.165, 1.54) is 11.2 Å². The molecular weight excluding hydrogens is 290 g/mol. The highest BCUT2D eigenvalue weighted by Crippen LogP contribution is 2.31. The summed E-state index contributed by atoms with van der Waals surface area (Å²) in [6.45, 7) is 2.93. The predicted octanol–water partition coefficient (Wildman–Crippen LogP) is 0.565. The van der Waals surface area contributed by atoms with Gasteiger partial charge >= 0.3 is 0 Å². The van der Waals surface area contributed by atoms with Crippen LogP contribution in [0.2, 0.25) is 0 Å². The molecule has 0 saturated heterocycles. The van der Waals surface area contributed by atoms with Gasteiger partial charge in [-0.25, -0.2) is 12.7 Å². The third-order valence-corrected chi connectivity index (χ3v) is 5.57. The highest BCUT2D eigenvalue weighted by molar-refractivity contribution is 7.89. The number of nitrogens with zero attached hydrogens (tertiary/aromatic N) is 2. The number of fused-ring (bicyclic) bond motifs is 1. The van der Waals surface area contributed by atoms with Crippen LogP contribution in [-0.4, -0.2) is 45.3 Å². The standard InChI is InChI=1S/C14H21N3O3S/c1-11(18)17-9-6-12-4-5-13(10-14(12)17)21(19,20)16(2)8-3-7-15/h4-5,10H,3,6-9,15H2,1-2H3. The van der Waals surface area contributed by atoms with Crippen molar-refractivity contribution in [2.75, 3.05) is 31.6 Å². The third-order valence-electron chi connectivity index (χ3n) is 3.72. The first-order valence-electron chi connectivity index (χ1n) is 6.95. The zero-order chi connectivity index (χ0) is 15.6. The molecule has 6 nitrogen and oxygen atoms in total. The van der Waals surface area contributed by atoms with Gasteiger partial charge in [-0.2, -0.15) is 0 Å². The van der Waals surface area contributed by atoms with Crippen molar-refractivity contribution in [3.8, 4) is 0 Å². The van der Waals surface area contributed by atoms with E-state index in [1.807, 2.05) is 0 Å². The number of anilines is 1. The summed E-state index contributed by atoms with van der Waals surface area (Å²) >= 11 is 0. The Hall–Kier alpha value is -1.44. The zero-order valence-electron chi connectivity index (χ0n) is 12.4. The van der Waals surface area contributed by atoms with E-state index in [0.29, 0.717) is 31.7 Å². The van der Waals surface area contributed by atoms with Crippen molar-refractivity contribution in [3.05, 3.63) is 23.8 Å². The second-order valence-corrected chi connectivity index (χ2v) is 7.22. The summed E-state index contributed by atoms with van der Waals surface area (Å²) in [6.07, 6.45) is 1.37. The molecule has 0 spiro atoms. The minimum absolute atomic E-state index is 0.0696. The van der Waals surface area contributed by atoms with Crippen LogP contribution in [0.1, 0.15) is 18.9 Å². The number of hydrogen-bond donors (Lipinski definition) is 1. The van der Waals surface area contributed by atoms with Gasteiger partial charge in [0, 0.05) is 32.7 Å². The summed E-state index contributed by atoms with van der Waals surface area (Å²) in [6, 6.07) is 5.00. The van der Waals surface area contributed by atoms with Gasteiger partial charge in [-0.1, -0.05) is 6.07 Å². The van der Waals surface area contributed by atoms with Crippen molar-refractivity contribution in [3.63, 3.8) is 0 Å². The van der Waals surface area contributed by atoms with Gasteiger partial charge < -0.3 is 10.6 Å². The van der Waals surface area contributed by atoms with Gasteiger partial charge in [0.1, 0.15) is 0 Å². The molecule has 0 radical (unpaired) electrons. The Bertz CT molecular complexity index is 643. The van der Waals surface area contributed by atoms with Crippen LogP contribution in [0.4, 0.5) is 5.69 Å². The summed E-state index contributed by atoms with van der Waals surface area (Å²) in [4.78, 5) is 13.4. The molecule has 0 fully saturated rings. The predicted molar refractivity (Wildman–Crippen MR) is 81.7 cm³/mol. The molecule has 0 aliphatic carbocycles. The van der Waals surface area contributed by atoms with Gasteiger partial charge in [-0.15, -0.1) is 0 Å². The third kappa shape index (κ3) is 3.09. The van der Waals surface area contributed by atoms with Gasteiger partial charge in [0.05, 0.1) is 4.90 Å². The summed E-state index contributed by atoms with van der Waals surface area (Å²) in [7, 11) is -2.00. The van der Waals surface area contributed by atoms with Gasteiger partial charge in [-0.05, 0) is 37.1 Å². The summed E-state index contributed by atoms with van der Waals surface area (Å²) in [5.74, 6) is -0.0696. The lowest BCUT2D eigenvalue weighted by Crippen LogP contribution is -2.29. The van der Waals surface area contributed by atoms with Crippen molar-refractivity contribution < 1.29 is 13.2 Å². The molecule has 0 atom stereocenters. The molecule has 1 aliphatic rings. The number of rotatable bonds is 5. The van der Waals surface area contributed by atoms with Crippen molar-refractivity contribution in [2.24, 2.45) is 5.73 Å². The number of amides is 1. The Kier molecular flexibility index (Phi) is 4.65. The number of hydrogen-bond acceptors (Lipinski definition) is 4. The average Bonchev–Trinajstić information content (AvgIpc) is 2.87. The molecule has 1 aromatic carbocycles. The van der Waals surface area contributed by atoms with E-state index in [-0.39, 0.29) is 10.8 Å². The first-order valence-corrected chi connectivity index (χ1v) is 8.39. The second kappa shape index (κ2) is 6.13. The fourth-order valence-electron chi connectivity index (χ4n) is 2.46. The lowest BCUT2D eigenvalue weighted by Gasteiger charge is -2.19. The monoisotopic (exact) mass is 311 g/mol. The van der Waals surface area contributed by atoms with Crippen molar-refractivity contribution in [1.29, 1.82) is 0 Å². The van der Waals surface area contributed by atoms with Crippen LogP contribution in [-0.2, 0) is 21.2 Å². The molecule has 0 bridgehead atoms. The fraction of sp³-hybridized carbons (Fsp3) is 0.500. The molecule has 2 rings (SSSR count). The Balaban J connectivity index is 2.34. The molecule has 0 unspecified atom stereocenters. The van der Waals surface area contributed by atoms with Crippen LogP contribution in [0, 0.1) is 0 Å². The Labute approximate surface area is 125 Å². The minimum Gasteiger partial charge on any atom is -0.330 e. The summed E-state index contributed by atoms with van der Waals surface area (Å²) in [5.41, 5.74) is 7.13. The number of carbonyl (C=O) groups is 1. The molecule has 0 aromatic heterocycles. The molecule has 1 aromatic rings. The average molecular weight is 311 g/mol. The fourth-order valence-corrected chi connectivity index (χ4v) is 3.69. The first kappa shape index (κ1) is 15.9. The summed E-state index contributed by atoms with van der Waals surface area (Å²) in [5, 5.41) is 0. The Morgan fingerprint density at radius 3 is 2.76 bits per heavy atom. The van der Waals surface area contributed by atoms with Crippen LogP contribution >= 0.6 is 0 Å². The maximum absolute atomic E-state index is 12.5. The quantitative estimate of drug-likeness (QED) is 0.861. The van der Waals surface area contributed by atoms with E-state index < -0.39 is 10.0 Å². The molecule has 1 heterocycles.